The minimum atomic E-state index is -0.312. The molecule has 5 heteroatoms. The summed E-state index contributed by atoms with van der Waals surface area (Å²) >= 11 is 0. The fraction of sp³-hybridized carbons (Fsp3) is 0.304. The lowest BCUT2D eigenvalue weighted by molar-refractivity contribution is -0.126. The first-order valence-corrected chi connectivity index (χ1v) is 9.37. The number of anilines is 1. The van der Waals surface area contributed by atoms with E-state index in [1.165, 1.54) is 0 Å². The molecule has 0 radical (unpaired) electrons. The normalized spacial score (nSPS) is 15.9. The second kappa shape index (κ2) is 9.09. The van der Waals surface area contributed by atoms with Gasteiger partial charge in [0.1, 0.15) is 12.4 Å². The van der Waals surface area contributed by atoms with Gasteiger partial charge >= 0.3 is 0 Å². The van der Waals surface area contributed by atoms with Gasteiger partial charge in [0.05, 0.1) is 5.92 Å². The van der Waals surface area contributed by atoms with Crippen LogP contribution in [0.4, 0.5) is 5.69 Å². The fourth-order valence-corrected chi connectivity index (χ4v) is 3.21. The van der Waals surface area contributed by atoms with Crippen molar-refractivity contribution >= 4 is 17.5 Å². The van der Waals surface area contributed by atoms with E-state index in [1.807, 2.05) is 55.5 Å². The average Bonchev–Trinajstić information content (AvgIpc) is 3.09. The Morgan fingerprint density at radius 2 is 1.93 bits per heavy atom. The van der Waals surface area contributed by atoms with Crippen molar-refractivity contribution in [2.24, 2.45) is 5.92 Å². The van der Waals surface area contributed by atoms with Gasteiger partial charge in [-0.05, 0) is 43.2 Å². The van der Waals surface area contributed by atoms with Crippen LogP contribution in [0.2, 0.25) is 0 Å². The van der Waals surface area contributed by atoms with Crippen LogP contribution in [0.25, 0.3) is 0 Å². The predicted molar refractivity (Wildman–Crippen MR) is 109 cm³/mol. The van der Waals surface area contributed by atoms with Gasteiger partial charge in [-0.2, -0.15) is 0 Å². The zero-order valence-corrected chi connectivity index (χ0v) is 16.0. The Morgan fingerprint density at radius 1 is 1.21 bits per heavy atom. The second-order valence-electron chi connectivity index (χ2n) is 6.92. The molecule has 1 fully saturated rings. The maximum atomic E-state index is 12.5. The van der Waals surface area contributed by atoms with Crippen molar-refractivity contribution in [2.75, 3.05) is 24.6 Å². The summed E-state index contributed by atoms with van der Waals surface area (Å²) in [6, 6.07) is 15.4. The molecule has 1 aliphatic rings. The van der Waals surface area contributed by atoms with Crippen molar-refractivity contribution in [1.82, 2.24) is 5.32 Å². The molecule has 2 aromatic rings. The van der Waals surface area contributed by atoms with Crippen LogP contribution in [0.1, 0.15) is 17.5 Å². The van der Waals surface area contributed by atoms with E-state index in [4.69, 9.17) is 11.2 Å². The minimum Gasteiger partial charge on any atom is -0.481 e. The van der Waals surface area contributed by atoms with Gasteiger partial charge in [-0.3, -0.25) is 9.59 Å². The number of nitrogens with zero attached hydrogens (tertiary/aromatic N) is 1. The standard InChI is InChI=1S/C23H24N2O3/c1-3-14-28-21-10-6-18(7-11-21)12-13-24-23(27)19-15-22(26)25(16-19)20-8-4-17(2)5-9-20/h1,4-11,19H,12-16H2,2H3,(H,24,27)/t19-/m0/s1. The van der Waals surface area contributed by atoms with Crippen LogP contribution in [0.3, 0.4) is 0 Å². The van der Waals surface area contributed by atoms with E-state index >= 15 is 0 Å². The highest BCUT2D eigenvalue weighted by atomic mass is 16.5. The molecule has 0 bridgehead atoms. The summed E-state index contributed by atoms with van der Waals surface area (Å²) in [5, 5.41) is 2.95. The molecule has 2 aromatic carbocycles. The first-order chi connectivity index (χ1) is 13.6. The van der Waals surface area contributed by atoms with E-state index in [-0.39, 0.29) is 30.8 Å². The van der Waals surface area contributed by atoms with Gasteiger partial charge in [-0.1, -0.05) is 35.7 Å². The number of hydrogen-bond acceptors (Lipinski definition) is 3. The summed E-state index contributed by atoms with van der Waals surface area (Å²) in [7, 11) is 0. The first-order valence-electron chi connectivity index (χ1n) is 9.37. The monoisotopic (exact) mass is 376 g/mol. The van der Waals surface area contributed by atoms with Gasteiger partial charge in [-0.15, -0.1) is 6.42 Å². The molecule has 1 aliphatic heterocycles. The first kappa shape index (κ1) is 19.5. The number of amides is 2. The smallest absolute Gasteiger partial charge is 0.227 e. The maximum absolute atomic E-state index is 12.5. The van der Waals surface area contributed by atoms with Gasteiger partial charge < -0.3 is 15.0 Å². The third-order valence-electron chi connectivity index (χ3n) is 4.80. The summed E-state index contributed by atoms with van der Waals surface area (Å²) in [6.45, 7) is 3.20. The molecule has 144 valence electrons. The molecule has 0 aromatic heterocycles. The Bertz CT molecular complexity index is 866. The van der Waals surface area contributed by atoms with Crippen molar-refractivity contribution < 1.29 is 14.3 Å². The third kappa shape index (κ3) is 4.92. The van der Waals surface area contributed by atoms with Crippen LogP contribution in [-0.4, -0.2) is 31.5 Å². The number of aryl methyl sites for hydroxylation is 1. The Kier molecular flexibility index (Phi) is 6.33. The minimum absolute atomic E-state index is 0.00781. The molecule has 28 heavy (non-hydrogen) atoms. The van der Waals surface area contributed by atoms with Crippen LogP contribution >= 0.6 is 0 Å². The lowest BCUT2D eigenvalue weighted by Gasteiger charge is -2.17. The van der Waals surface area contributed by atoms with Gasteiger partial charge in [-0.25, -0.2) is 0 Å². The molecule has 0 aliphatic carbocycles. The highest BCUT2D eigenvalue weighted by Gasteiger charge is 2.34. The topological polar surface area (TPSA) is 58.6 Å². The Hall–Kier alpha value is -3.26. The van der Waals surface area contributed by atoms with Crippen LogP contribution in [-0.2, 0) is 16.0 Å². The van der Waals surface area contributed by atoms with Crippen molar-refractivity contribution in [1.29, 1.82) is 0 Å². The van der Waals surface area contributed by atoms with Crippen LogP contribution in [0.15, 0.2) is 48.5 Å². The highest BCUT2D eigenvalue weighted by Crippen LogP contribution is 2.25. The van der Waals surface area contributed by atoms with Gasteiger partial charge in [0.15, 0.2) is 0 Å². The number of benzene rings is 2. The molecule has 0 unspecified atom stereocenters. The Morgan fingerprint density at radius 3 is 2.61 bits per heavy atom. The molecule has 5 nitrogen and oxygen atoms in total. The number of carbonyl (C=O) groups is 2. The van der Waals surface area contributed by atoms with Crippen LogP contribution in [0, 0.1) is 25.2 Å². The van der Waals surface area contributed by atoms with E-state index < -0.39 is 0 Å². The number of terminal acetylenes is 1. The largest absolute Gasteiger partial charge is 0.481 e. The Labute approximate surface area is 165 Å². The lowest BCUT2D eigenvalue weighted by Crippen LogP contribution is -2.34. The maximum Gasteiger partial charge on any atom is 0.227 e. The Balaban J connectivity index is 1.47. The molecular formula is C23H24N2O3. The molecule has 1 heterocycles. The zero-order valence-electron chi connectivity index (χ0n) is 16.0. The summed E-state index contributed by atoms with van der Waals surface area (Å²) in [6.07, 6.45) is 6.13. The molecule has 0 spiro atoms. The highest BCUT2D eigenvalue weighted by molar-refractivity contribution is 6.00. The van der Waals surface area contributed by atoms with Crippen LogP contribution in [0.5, 0.6) is 5.75 Å². The van der Waals surface area contributed by atoms with Gasteiger partial charge in [0, 0.05) is 25.2 Å². The van der Waals surface area contributed by atoms with E-state index in [1.54, 1.807) is 4.90 Å². The number of hydrogen-bond donors (Lipinski definition) is 1. The van der Waals surface area contributed by atoms with Crippen molar-refractivity contribution in [3.05, 3.63) is 59.7 Å². The fourth-order valence-electron chi connectivity index (χ4n) is 3.21. The predicted octanol–water partition coefficient (Wildman–Crippen LogP) is 2.72. The molecule has 3 rings (SSSR count). The average molecular weight is 376 g/mol. The SMILES string of the molecule is C#CCOc1ccc(CCNC(=O)[C@H]2CC(=O)N(c3ccc(C)cc3)C2)cc1. The number of carbonyl (C=O) groups excluding carboxylic acids is 2. The zero-order chi connectivity index (χ0) is 19.9. The molecule has 1 atom stereocenters. The van der Waals surface area contributed by atoms with Crippen molar-refractivity contribution in [2.45, 2.75) is 19.8 Å². The van der Waals surface area contributed by atoms with Gasteiger partial charge in [0.25, 0.3) is 0 Å². The van der Waals surface area contributed by atoms with E-state index in [0.717, 1.165) is 22.6 Å². The second-order valence-corrected chi connectivity index (χ2v) is 6.92. The third-order valence-corrected chi connectivity index (χ3v) is 4.80. The lowest BCUT2D eigenvalue weighted by atomic mass is 10.1. The molecule has 0 saturated carbocycles. The molecular weight excluding hydrogens is 352 g/mol. The van der Waals surface area contributed by atoms with Crippen molar-refractivity contribution in [3.63, 3.8) is 0 Å². The van der Waals surface area contributed by atoms with E-state index in [0.29, 0.717) is 19.5 Å². The summed E-state index contributed by atoms with van der Waals surface area (Å²) < 4.78 is 5.34. The van der Waals surface area contributed by atoms with E-state index in [9.17, 15) is 9.59 Å². The summed E-state index contributed by atoms with van der Waals surface area (Å²) in [5.41, 5.74) is 3.08. The number of nitrogens with one attached hydrogen (secondary N) is 1. The van der Waals surface area contributed by atoms with Gasteiger partial charge in [0.2, 0.25) is 11.8 Å². The quantitative estimate of drug-likeness (QED) is 0.756. The molecule has 2 amide bonds. The van der Waals surface area contributed by atoms with Crippen molar-refractivity contribution in [3.8, 4) is 18.1 Å². The summed E-state index contributed by atoms with van der Waals surface area (Å²) in [5.74, 6) is 2.76. The molecule has 1 N–H and O–H groups in total. The van der Waals surface area contributed by atoms with Crippen LogP contribution < -0.4 is 15.0 Å². The number of rotatable bonds is 7. The summed E-state index contributed by atoms with van der Waals surface area (Å²) in [4.78, 5) is 26.4. The number of ether oxygens (including phenoxy) is 1. The molecule has 1 saturated heterocycles. The van der Waals surface area contributed by atoms with E-state index in [2.05, 4.69) is 11.2 Å².